The number of allylic oxidation sites excluding steroid dienone is 1. The van der Waals surface area contributed by atoms with Gasteiger partial charge in [-0.25, -0.2) is 0 Å². The molecule has 0 bridgehead atoms. The summed E-state index contributed by atoms with van der Waals surface area (Å²) in [6.45, 7) is 4.24. The van der Waals surface area contributed by atoms with Crippen LogP contribution in [0.5, 0.6) is 11.5 Å². The van der Waals surface area contributed by atoms with Gasteiger partial charge in [-0.15, -0.1) is 0 Å². The van der Waals surface area contributed by atoms with Crippen molar-refractivity contribution in [2.45, 2.75) is 25.7 Å². The van der Waals surface area contributed by atoms with Crippen LogP contribution in [-0.2, 0) is 6.42 Å². The lowest BCUT2D eigenvalue weighted by molar-refractivity contribution is 0.238. The second-order valence-electron chi connectivity index (χ2n) is 7.10. The van der Waals surface area contributed by atoms with Crippen molar-refractivity contribution in [2.75, 3.05) is 33.4 Å². The molecule has 0 saturated carbocycles. The minimum atomic E-state index is 0.769. The molecular weight excluding hydrogens is 322 g/mol. The van der Waals surface area contributed by atoms with Crippen molar-refractivity contribution in [3.05, 3.63) is 65.2 Å². The van der Waals surface area contributed by atoms with Gasteiger partial charge >= 0.3 is 0 Å². The van der Waals surface area contributed by atoms with Gasteiger partial charge in [0, 0.05) is 6.54 Å². The first-order chi connectivity index (χ1) is 12.8. The zero-order chi connectivity index (χ0) is 17.8. The van der Waals surface area contributed by atoms with Gasteiger partial charge in [0.2, 0.25) is 0 Å². The Morgan fingerprint density at radius 2 is 1.73 bits per heavy atom. The first-order valence-electron chi connectivity index (χ1n) is 9.66. The summed E-state index contributed by atoms with van der Waals surface area (Å²) in [5.74, 6) is 1.89. The van der Waals surface area contributed by atoms with Crippen LogP contribution in [-0.4, -0.2) is 38.3 Å². The van der Waals surface area contributed by atoms with Gasteiger partial charge in [-0.3, -0.25) is 4.90 Å². The average molecular weight is 349 g/mol. The fraction of sp³-hybridized carbons (Fsp3) is 0.391. The maximum absolute atomic E-state index is 5.93. The molecule has 1 heterocycles. The molecule has 3 heteroatoms. The van der Waals surface area contributed by atoms with Crippen molar-refractivity contribution in [1.29, 1.82) is 0 Å². The van der Waals surface area contributed by atoms with Crippen LogP contribution in [0.25, 0.3) is 5.57 Å². The van der Waals surface area contributed by atoms with E-state index in [4.69, 9.17) is 9.47 Å². The van der Waals surface area contributed by atoms with Crippen LogP contribution in [0, 0.1) is 0 Å². The summed E-state index contributed by atoms with van der Waals surface area (Å²) in [4.78, 5) is 2.48. The van der Waals surface area contributed by atoms with Gasteiger partial charge in [0.25, 0.3) is 0 Å². The Balaban J connectivity index is 1.43. The smallest absolute Gasteiger partial charge is 0.119 e. The molecule has 0 unspecified atom stereocenters. The number of likely N-dealkylation sites (tertiary alicyclic amines) is 1. The molecule has 0 spiro atoms. The Labute approximate surface area is 156 Å². The fourth-order valence-electron chi connectivity index (χ4n) is 3.95. The van der Waals surface area contributed by atoms with E-state index in [2.05, 4.69) is 47.4 Å². The molecule has 0 amide bonds. The molecule has 26 heavy (non-hydrogen) atoms. The number of methoxy groups -OCH3 is 1. The number of hydrogen-bond acceptors (Lipinski definition) is 3. The normalized spacial score (nSPS) is 16.9. The Morgan fingerprint density at radius 3 is 2.50 bits per heavy atom. The van der Waals surface area contributed by atoms with Gasteiger partial charge in [-0.2, -0.15) is 0 Å². The van der Waals surface area contributed by atoms with Gasteiger partial charge in [0.15, 0.2) is 0 Å². The molecule has 0 atom stereocenters. The maximum atomic E-state index is 5.93. The van der Waals surface area contributed by atoms with E-state index in [-0.39, 0.29) is 0 Å². The summed E-state index contributed by atoms with van der Waals surface area (Å²) in [5.41, 5.74) is 5.26. The van der Waals surface area contributed by atoms with Crippen LogP contribution in [0.3, 0.4) is 0 Å². The average Bonchev–Trinajstić information content (AvgIpc) is 3.21. The fourth-order valence-corrected chi connectivity index (χ4v) is 3.95. The summed E-state index contributed by atoms with van der Waals surface area (Å²) in [6.07, 6.45) is 7.16. The number of benzene rings is 2. The highest BCUT2D eigenvalue weighted by molar-refractivity contribution is 5.83. The van der Waals surface area contributed by atoms with Crippen molar-refractivity contribution in [3.8, 4) is 11.5 Å². The van der Waals surface area contributed by atoms with Crippen LogP contribution in [0.1, 0.15) is 36.0 Å². The number of nitrogens with zero attached hydrogens (tertiary/aromatic N) is 1. The lowest BCUT2D eigenvalue weighted by Gasteiger charge is -2.19. The predicted octanol–water partition coefficient (Wildman–Crippen LogP) is 4.55. The highest BCUT2D eigenvalue weighted by atomic mass is 16.5. The summed E-state index contributed by atoms with van der Waals surface area (Å²) in [7, 11) is 1.73. The predicted molar refractivity (Wildman–Crippen MR) is 106 cm³/mol. The van der Waals surface area contributed by atoms with Gasteiger partial charge in [-0.05, 0) is 85.3 Å². The zero-order valence-electron chi connectivity index (χ0n) is 15.5. The van der Waals surface area contributed by atoms with Crippen LogP contribution in [0.4, 0.5) is 0 Å². The second kappa shape index (κ2) is 7.96. The molecule has 136 valence electrons. The second-order valence-corrected chi connectivity index (χ2v) is 7.10. The van der Waals surface area contributed by atoms with Gasteiger partial charge in [0.05, 0.1) is 7.11 Å². The zero-order valence-corrected chi connectivity index (χ0v) is 15.5. The highest BCUT2D eigenvalue weighted by Crippen LogP contribution is 2.34. The lowest BCUT2D eigenvalue weighted by Crippen LogP contribution is -2.25. The quantitative estimate of drug-likeness (QED) is 0.764. The third kappa shape index (κ3) is 3.78. The van der Waals surface area contributed by atoms with E-state index in [1.165, 1.54) is 48.2 Å². The third-order valence-electron chi connectivity index (χ3n) is 5.40. The van der Waals surface area contributed by atoms with Gasteiger partial charge in [-0.1, -0.05) is 24.3 Å². The molecule has 4 rings (SSSR count). The van der Waals surface area contributed by atoms with Gasteiger partial charge < -0.3 is 9.47 Å². The molecule has 0 aromatic heterocycles. The van der Waals surface area contributed by atoms with E-state index < -0.39 is 0 Å². The molecule has 1 fully saturated rings. The Bertz CT molecular complexity index is 773. The SMILES string of the molecule is COc1ccc2c(c1)CCC=C2c1ccc(OCCN2CCCC2)cc1. The minimum absolute atomic E-state index is 0.769. The number of hydrogen-bond donors (Lipinski definition) is 0. The molecule has 2 aliphatic rings. The molecule has 1 aliphatic carbocycles. The molecule has 1 saturated heterocycles. The van der Waals surface area contributed by atoms with E-state index in [0.717, 1.165) is 37.5 Å². The topological polar surface area (TPSA) is 21.7 Å². The van der Waals surface area contributed by atoms with Gasteiger partial charge in [0.1, 0.15) is 18.1 Å². The Kier molecular flexibility index (Phi) is 5.26. The summed E-state index contributed by atoms with van der Waals surface area (Å²) >= 11 is 0. The van der Waals surface area contributed by atoms with Crippen molar-refractivity contribution >= 4 is 5.57 Å². The van der Waals surface area contributed by atoms with Crippen LogP contribution in [0.15, 0.2) is 48.5 Å². The molecular formula is C23H27NO2. The number of ether oxygens (including phenoxy) is 2. The van der Waals surface area contributed by atoms with Crippen LogP contribution < -0.4 is 9.47 Å². The Morgan fingerprint density at radius 1 is 0.962 bits per heavy atom. The minimum Gasteiger partial charge on any atom is -0.497 e. The molecule has 0 N–H and O–H groups in total. The molecule has 1 aliphatic heterocycles. The van der Waals surface area contributed by atoms with Crippen LogP contribution >= 0.6 is 0 Å². The van der Waals surface area contributed by atoms with E-state index >= 15 is 0 Å². The van der Waals surface area contributed by atoms with E-state index in [0.29, 0.717) is 0 Å². The molecule has 2 aromatic carbocycles. The summed E-state index contributed by atoms with van der Waals surface area (Å²) in [6, 6.07) is 14.9. The van der Waals surface area contributed by atoms with Crippen molar-refractivity contribution in [2.24, 2.45) is 0 Å². The lowest BCUT2D eigenvalue weighted by atomic mass is 9.87. The molecule has 2 aromatic rings. The Hall–Kier alpha value is -2.26. The largest absolute Gasteiger partial charge is 0.497 e. The van der Waals surface area contributed by atoms with Crippen molar-refractivity contribution in [3.63, 3.8) is 0 Å². The maximum Gasteiger partial charge on any atom is 0.119 e. The third-order valence-corrected chi connectivity index (χ3v) is 5.40. The molecule has 3 nitrogen and oxygen atoms in total. The van der Waals surface area contributed by atoms with E-state index in [1.807, 2.05) is 6.07 Å². The molecule has 0 radical (unpaired) electrons. The first-order valence-corrected chi connectivity index (χ1v) is 9.66. The number of aryl methyl sites for hydroxylation is 1. The van der Waals surface area contributed by atoms with E-state index in [1.54, 1.807) is 7.11 Å². The van der Waals surface area contributed by atoms with Crippen molar-refractivity contribution < 1.29 is 9.47 Å². The summed E-state index contributed by atoms with van der Waals surface area (Å²) < 4.78 is 11.3. The number of rotatable bonds is 6. The monoisotopic (exact) mass is 349 g/mol. The standard InChI is InChI=1S/C23H27NO2/c1-25-21-11-12-23-19(17-21)5-4-6-22(23)18-7-9-20(10-8-18)26-16-15-24-13-2-3-14-24/h6-12,17H,2-5,13-16H2,1H3. The first kappa shape index (κ1) is 17.2. The number of fused-ring (bicyclic) bond motifs is 1. The van der Waals surface area contributed by atoms with Crippen LogP contribution in [0.2, 0.25) is 0 Å². The highest BCUT2D eigenvalue weighted by Gasteiger charge is 2.15. The summed E-state index contributed by atoms with van der Waals surface area (Å²) in [5, 5.41) is 0. The van der Waals surface area contributed by atoms with E-state index in [9.17, 15) is 0 Å². The van der Waals surface area contributed by atoms with Crippen molar-refractivity contribution in [1.82, 2.24) is 4.90 Å².